The van der Waals surface area contributed by atoms with Crippen LogP contribution in [0, 0.1) is 12.3 Å². The molecule has 1 N–H and O–H groups in total. The van der Waals surface area contributed by atoms with Gasteiger partial charge in [0.1, 0.15) is 0 Å². The molecule has 12 heavy (non-hydrogen) atoms. The van der Waals surface area contributed by atoms with Crippen LogP contribution < -0.4 is 5.32 Å². The van der Waals surface area contributed by atoms with E-state index in [1.165, 1.54) is 0 Å². The zero-order valence-corrected chi connectivity index (χ0v) is 7.68. The summed E-state index contributed by atoms with van der Waals surface area (Å²) in [5, 5.41) is 3.12. The highest BCUT2D eigenvalue weighted by atomic mass is 16.5. The molecule has 0 saturated heterocycles. The lowest BCUT2D eigenvalue weighted by molar-refractivity contribution is 0.140. The van der Waals surface area contributed by atoms with Crippen LogP contribution in [0.5, 0.6) is 0 Å². The predicted octanol–water partition coefficient (Wildman–Crippen LogP) is 1.19. The van der Waals surface area contributed by atoms with Crippen LogP contribution in [0.25, 0.3) is 0 Å². The molecule has 68 valence electrons. The number of terminal acetylenes is 1. The number of ether oxygens (including phenoxy) is 1. The van der Waals surface area contributed by atoms with Crippen LogP contribution in [0.15, 0.2) is 12.7 Å². The minimum Gasteiger partial charge on any atom is -0.380 e. The first-order valence-electron chi connectivity index (χ1n) is 4.19. The summed E-state index contributed by atoms with van der Waals surface area (Å²) in [6, 6.07) is 0.132. The highest BCUT2D eigenvalue weighted by molar-refractivity contribution is 4.95. The van der Waals surface area contributed by atoms with Gasteiger partial charge in [-0.3, -0.25) is 0 Å². The van der Waals surface area contributed by atoms with Crippen molar-refractivity contribution in [2.75, 3.05) is 19.8 Å². The minimum atomic E-state index is 0.132. The van der Waals surface area contributed by atoms with Gasteiger partial charge in [0, 0.05) is 6.54 Å². The van der Waals surface area contributed by atoms with Crippen LogP contribution in [0.2, 0.25) is 0 Å². The van der Waals surface area contributed by atoms with Crippen LogP contribution in [-0.4, -0.2) is 25.8 Å². The number of hydrogen-bond donors (Lipinski definition) is 1. The molecule has 0 spiro atoms. The first kappa shape index (κ1) is 11.2. The molecule has 0 aromatic carbocycles. The van der Waals surface area contributed by atoms with E-state index in [1.807, 2.05) is 13.0 Å². The van der Waals surface area contributed by atoms with Crippen molar-refractivity contribution in [1.29, 1.82) is 0 Å². The van der Waals surface area contributed by atoms with E-state index in [-0.39, 0.29) is 6.04 Å². The van der Waals surface area contributed by atoms with E-state index in [9.17, 15) is 0 Å². The molecule has 2 heteroatoms. The van der Waals surface area contributed by atoms with Gasteiger partial charge in [-0.05, 0) is 13.3 Å². The van der Waals surface area contributed by atoms with Crippen molar-refractivity contribution in [2.24, 2.45) is 0 Å². The topological polar surface area (TPSA) is 21.3 Å². The molecule has 0 bridgehead atoms. The average molecular weight is 167 g/mol. The van der Waals surface area contributed by atoms with Crippen molar-refractivity contribution < 1.29 is 4.74 Å². The zero-order chi connectivity index (χ0) is 9.23. The lowest BCUT2D eigenvalue weighted by Gasteiger charge is -2.06. The van der Waals surface area contributed by atoms with Crippen LogP contribution >= 0.6 is 0 Å². The standard InChI is InChI=1S/C10H17NO/c1-4-6-8-12-9-7-11-10(3)5-2/h2,4,10-11H,1,6-9H2,3H3. The van der Waals surface area contributed by atoms with E-state index in [0.29, 0.717) is 6.61 Å². The predicted molar refractivity (Wildman–Crippen MR) is 51.9 cm³/mol. The average Bonchev–Trinajstić information content (AvgIpc) is 2.10. The molecule has 0 aromatic rings. The second kappa shape index (κ2) is 8.32. The molecule has 0 heterocycles. The third kappa shape index (κ3) is 7.33. The van der Waals surface area contributed by atoms with Gasteiger partial charge >= 0.3 is 0 Å². The molecule has 0 amide bonds. The number of hydrogen-bond acceptors (Lipinski definition) is 2. The highest BCUT2D eigenvalue weighted by Crippen LogP contribution is 1.82. The minimum absolute atomic E-state index is 0.132. The van der Waals surface area contributed by atoms with Gasteiger partial charge in [-0.1, -0.05) is 12.0 Å². The fourth-order valence-corrected chi connectivity index (χ4v) is 0.675. The van der Waals surface area contributed by atoms with Gasteiger partial charge in [0.2, 0.25) is 0 Å². The molecular formula is C10H17NO. The van der Waals surface area contributed by atoms with E-state index in [2.05, 4.69) is 17.8 Å². The second-order valence-corrected chi connectivity index (χ2v) is 2.53. The molecule has 0 saturated carbocycles. The van der Waals surface area contributed by atoms with Crippen LogP contribution in [0.1, 0.15) is 13.3 Å². The molecule has 0 radical (unpaired) electrons. The van der Waals surface area contributed by atoms with Crippen molar-refractivity contribution in [3.05, 3.63) is 12.7 Å². The number of rotatable bonds is 7. The molecule has 0 aromatic heterocycles. The summed E-state index contributed by atoms with van der Waals surface area (Å²) < 4.78 is 5.27. The Morgan fingerprint density at radius 2 is 2.42 bits per heavy atom. The smallest absolute Gasteiger partial charge is 0.0659 e. The molecule has 1 atom stereocenters. The third-order valence-corrected chi connectivity index (χ3v) is 1.41. The third-order valence-electron chi connectivity index (χ3n) is 1.41. The maximum absolute atomic E-state index is 5.27. The second-order valence-electron chi connectivity index (χ2n) is 2.53. The van der Waals surface area contributed by atoms with Gasteiger partial charge in [0.05, 0.1) is 19.3 Å². The van der Waals surface area contributed by atoms with E-state index in [1.54, 1.807) is 0 Å². The van der Waals surface area contributed by atoms with Gasteiger partial charge in [-0.15, -0.1) is 13.0 Å². The molecule has 0 rings (SSSR count). The van der Waals surface area contributed by atoms with E-state index in [4.69, 9.17) is 11.2 Å². The summed E-state index contributed by atoms with van der Waals surface area (Å²) in [4.78, 5) is 0. The van der Waals surface area contributed by atoms with Crippen molar-refractivity contribution in [3.8, 4) is 12.3 Å². The maximum Gasteiger partial charge on any atom is 0.0659 e. The molecule has 0 aliphatic carbocycles. The van der Waals surface area contributed by atoms with Crippen molar-refractivity contribution in [1.82, 2.24) is 5.32 Å². The molecule has 1 unspecified atom stereocenters. The zero-order valence-electron chi connectivity index (χ0n) is 7.68. The molecule has 0 aliphatic heterocycles. The van der Waals surface area contributed by atoms with Gasteiger partial charge in [-0.2, -0.15) is 0 Å². The fraction of sp³-hybridized carbons (Fsp3) is 0.600. The first-order valence-corrected chi connectivity index (χ1v) is 4.19. The van der Waals surface area contributed by atoms with Gasteiger partial charge in [0.25, 0.3) is 0 Å². The van der Waals surface area contributed by atoms with Gasteiger partial charge < -0.3 is 10.1 Å². The first-order chi connectivity index (χ1) is 5.81. The molecule has 0 fully saturated rings. The quantitative estimate of drug-likeness (QED) is 0.349. The molecule has 2 nitrogen and oxygen atoms in total. The Labute approximate surface area is 75.0 Å². The Morgan fingerprint density at radius 3 is 3.00 bits per heavy atom. The highest BCUT2D eigenvalue weighted by Gasteiger charge is 1.92. The Kier molecular flexibility index (Phi) is 7.78. The van der Waals surface area contributed by atoms with Gasteiger partial charge in [0.15, 0.2) is 0 Å². The van der Waals surface area contributed by atoms with E-state index >= 15 is 0 Å². The lowest BCUT2D eigenvalue weighted by Crippen LogP contribution is -2.28. The summed E-state index contributed by atoms with van der Waals surface area (Å²) in [5.74, 6) is 2.58. The van der Waals surface area contributed by atoms with Crippen LogP contribution in [0.3, 0.4) is 0 Å². The van der Waals surface area contributed by atoms with Gasteiger partial charge in [-0.25, -0.2) is 0 Å². The monoisotopic (exact) mass is 167 g/mol. The summed E-state index contributed by atoms with van der Waals surface area (Å²) in [6.07, 6.45) is 7.92. The Morgan fingerprint density at radius 1 is 1.67 bits per heavy atom. The van der Waals surface area contributed by atoms with Crippen molar-refractivity contribution >= 4 is 0 Å². The molecular weight excluding hydrogens is 150 g/mol. The maximum atomic E-state index is 5.27. The largest absolute Gasteiger partial charge is 0.380 e. The number of nitrogens with one attached hydrogen (secondary N) is 1. The molecule has 0 aliphatic rings. The van der Waals surface area contributed by atoms with Crippen molar-refractivity contribution in [2.45, 2.75) is 19.4 Å². The summed E-state index contributed by atoms with van der Waals surface area (Å²) in [5.41, 5.74) is 0. The summed E-state index contributed by atoms with van der Waals surface area (Å²) in [7, 11) is 0. The normalized spacial score (nSPS) is 12.0. The van der Waals surface area contributed by atoms with E-state index < -0.39 is 0 Å². The summed E-state index contributed by atoms with van der Waals surface area (Å²) >= 11 is 0. The summed E-state index contributed by atoms with van der Waals surface area (Å²) in [6.45, 7) is 7.81. The van der Waals surface area contributed by atoms with Crippen LogP contribution in [0.4, 0.5) is 0 Å². The fourth-order valence-electron chi connectivity index (χ4n) is 0.675. The Bertz CT molecular complexity index is 148. The van der Waals surface area contributed by atoms with E-state index in [0.717, 1.165) is 19.6 Å². The lowest BCUT2D eigenvalue weighted by atomic mass is 10.3. The van der Waals surface area contributed by atoms with Crippen LogP contribution in [-0.2, 0) is 4.74 Å². The SMILES string of the molecule is C#CC(C)NCCOCCC=C. The Hall–Kier alpha value is -0.780. The van der Waals surface area contributed by atoms with Crippen molar-refractivity contribution in [3.63, 3.8) is 0 Å². The Balaban J connectivity index is 3.01.